The molecule has 3 N–H and O–H groups in total. The van der Waals surface area contributed by atoms with E-state index in [0.29, 0.717) is 0 Å². The highest BCUT2D eigenvalue weighted by atomic mass is 16.2. The third kappa shape index (κ3) is 2.94. The molecule has 1 atom stereocenters. The van der Waals surface area contributed by atoms with E-state index < -0.39 is 0 Å². The molecule has 86 valence electrons. The molecule has 0 radical (unpaired) electrons. The summed E-state index contributed by atoms with van der Waals surface area (Å²) in [5.41, 5.74) is 5.67. The van der Waals surface area contributed by atoms with Crippen LogP contribution in [0.2, 0.25) is 0 Å². The quantitative estimate of drug-likeness (QED) is 0.694. The summed E-state index contributed by atoms with van der Waals surface area (Å²) >= 11 is 0. The van der Waals surface area contributed by atoms with Gasteiger partial charge in [-0.15, -0.1) is 0 Å². The molecule has 0 heterocycles. The second-order valence-corrected chi connectivity index (χ2v) is 5.10. The molecule has 2 fully saturated rings. The Labute approximate surface area is 91.8 Å². The molecule has 0 bridgehead atoms. The van der Waals surface area contributed by atoms with Crippen molar-refractivity contribution in [1.82, 2.24) is 5.32 Å². The fraction of sp³-hybridized carbons (Fsp3) is 0.917. The summed E-state index contributed by atoms with van der Waals surface area (Å²) in [4.78, 5) is 11.5. The van der Waals surface area contributed by atoms with Crippen LogP contribution in [0.15, 0.2) is 0 Å². The second kappa shape index (κ2) is 4.52. The number of hydrogen-bond acceptors (Lipinski definition) is 2. The highest BCUT2D eigenvalue weighted by molar-refractivity contribution is 5.81. The number of nitrogens with one attached hydrogen (secondary N) is 1. The zero-order valence-electron chi connectivity index (χ0n) is 9.54. The largest absolute Gasteiger partial charge is 0.354 e. The molecule has 3 heteroatoms. The summed E-state index contributed by atoms with van der Waals surface area (Å²) in [5.74, 6) is 2.58. The topological polar surface area (TPSA) is 55.1 Å². The van der Waals surface area contributed by atoms with Gasteiger partial charge in [0.2, 0.25) is 5.91 Å². The lowest BCUT2D eigenvalue weighted by Crippen LogP contribution is -2.42. The van der Waals surface area contributed by atoms with E-state index in [1.165, 1.54) is 25.7 Å². The molecule has 2 aliphatic carbocycles. The SMILES string of the molecule is CCC(N)C(=O)NCC(C1CC1)C1CC1. The first kappa shape index (κ1) is 10.9. The van der Waals surface area contributed by atoms with Gasteiger partial charge in [-0.2, -0.15) is 0 Å². The first-order valence-corrected chi connectivity index (χ1v) is 6.25. The standard InChI is InChI=1S/C12H22N2O/c1-2-11(13)12(15)14-7-10(8-3-4-8)9-5-6-9/h8-11H,2-7,13H2,1H3,(H,14,15). The Morgan fingerprint density at radius 2 is 1.87 bits per heavy atom. The Balaban J connectivity index is 1.72. The lowest BCUT2D eigenvalue weighted by Gasteiger charge is -2.17. The summed E-state index contributed by atoms with van der Waals surface area (Å²) in [5, 5.41) is 3.01. The predicted octanol–water partition coefficient (Wildman–Crippen LogP) is 1.28. The molecule has 1 unspecified atom stereocenters. The fourth-order valence-corrected chi connectivity index (χ4v) is 2.30. The minimum Gasteiger partial charge on any atom is -0.354 e. The normalized spacial score (nSPS) is 22.9. The number of hydrogen-bond donors (Lipinski definition) is 2. The van der Waals surface area contributed by atoms with Crippen LogP contribution in [0.3, 0.4) is 0 Å². The molecule has 0 aromatic rings. The molecule has 1 amide bonds. The van der Waals surface area contributed by atoms with Crippen molar-refractivity contribution in [3.05, 3.63) is 0 Å². The van der Waals surface area contributed by atoms with Crippen molar-refractivity contribution in [2.45, 2.75) is 45.1 Å². The van der Waals surface area contributed by atoms with Gasteiger partial charge in [-0.3, -0.25) is 4.79 Å². The summed E-state index contributed by atoms with van der Waals surface area (Å²) in [6, 6.07) is -0.316. The Kier molecular flexibility index (Phi) is 3.29. The van der Waals surface area contributed by atoms with Crippen LogP contribution in [0.1, 0.15) is 39.0 Å². The minimum absolute atomic E-state index is 0.0313. The summed E-state index contributed by atoms with van der Waals surface area (Å²) in [6.45, 7) is 2.81. The van der Waals surface area contributed by atoms with Crippen LogP contribution in [0, 0.1) is 17.8 Å². The molecule has 2 saturated carbocycles. The zero-order valence-corrected chi connectivity index (χ0v) is 9.54. The molecule has 0 aromatic heterocycles. The van der Waals surface area contributed by atoms with Crippen molar-refractivity contribution in [3.63, 3.8) is 0 Å². The van der Waals surface area contributed by atoms with Gasteiger partial charge in [0.1, 0.15) is 0 Å². The van der Waals surface area contributed by atoms with E-state index in [1.807, 2.05) is 6.92 Å². The maximum absolute atomic E-state index is 11.5. The van der Waals surface area contributed by atoms with Crippen molar-refractivity contribution in [2.24, 2.45) is 23.5 Å². The molecule has 0 aromatic carbocycles. The van der Waals surface area contributed by atoms with Gasteiger partial charge in [0.15, 0.2) is 0 Å². The lowest BCUT2D eigenvalue weighted by molar-refractivity contribution is -0.122. The Bertz CT molecular complexity index is 222. The molecular formula is C12H22N2O. The van der Waals surface area contributed by atoms with Gasteiger partial charge in [0.25, 0.3) is 0 Å². The van der Waals surface area contributed by atoms with Crippen LogP contribution in [0.25, 0.3) is 0 Å². The maximum Gasteiger partial charge on any atom is 0.236 e. The van der Waals surface area contributed by atoms with Crippen LogP contribution >= 0.6 is 0 Å². The number of nitrogens with two attached hydrogens (primary N) is 1. The molecule has 0 aliphatic heterocycles. The van der Waals surface area contributed by atoms with Crippen LogP contribution in [0.5, 0.6) is 0 Å². The van der Waals surface area contributed by atoms with Crippen LogP contribution < -0.4 is 11.1 Å². The van der Waals surface area contributed by atoms with Gasteiger partial charge in [0, 0.05) is 6.54 Å². The smallest absolute Gasteiger partial charge is 0.236 e. The van der Waals surface area contributed by atoms with E-state index in [-0.39, 0.29) is 11.9 Å². The molecular weight excluding hydrogens is 188 g/mol. The van der Waals surface area contributed by atoms with Crippen molar-refractivity contribution in [1.29, 1.82) is 0 Å². The Morgan fingerprint density at radius 3 is 2.27 bits per heavy atom. The molecule has 2 rings (SSSR count). The maximum atomic E-state index is 11.5. The van der Waals surface area contributed by atoms with E-state index in [4.69, 9.17) is 5.73 Å². The van der Waals surface area contributed by atoms with Crippen LogP contribution in [0.4, 0.5) is 0 Å². The molecule has 0 saturated heterocycles. The number of carbonyl (C=O) groups is 1. The first-order valence-electron chi connectivity index (χ1n) is 6.25. The number of rotatable bonds is 6. The van der Waals surface area contributed by atoms with Crippen LogP contribution in [-0.4, -0.2) is 18.5 Å². The van der Waals surface area contributed by atoms with E-state index in [1.54, 1.807) is 0 Å². The summed E-state index contributed by atoms with van der Waals surface area (Å²) in [6.07, 6.45) is 6.21. The van der Waals surface area contributed by atoms with Gasteiger partial charge >= 0.3 is 0 Å². The van der Waals surface area contributed by atoms with Crippen molar-refractivity contribution in [2.75, 3.05) is 6.54 Å². The van der Waals surface area contributed by atoms with E-state index in [2.05, 4.69) is 5.32 Å². The minimum atomic E-state index is -0.316. The van der Waals surface area contributed by atoms with Crippen molar-refractivity contribution >= 4 is 5.91 Å². The van der Waals surface area contributed by atoms with E-state index >= 15 is 0 Å². The van der Waals surface area contributed by atoms with Gasteiger partial charge in [-0.05, 0) is 49.9 Å². The highest BCUT2D eigenvalue weighted by Gasteiger charge is 2.41. The Morgan fingerprint density at radius 1 is 1.33 bits per heavy atom. The van der Waals surface area contributed by atoms with E-state index in [0.717, 1.165) is 30.7 Å². The van der Waals surface area contributed by atoms with Gasteiger partial charge in [0.05, 0.1) is 6.04 Å². The van der Waals surface area contributed by atoms with Gasteiger partial charge < -0.3 is 11.1 Å². The predicted molar refractivity (Wildman–Crippen MR) is 60.2 cm³/mol. The summed E-state index contributed by atoms with van der Waals surface area (Å²) < 4.78 is 0. The van der Waals surface area contributed by atoms with Gasteiger partial charge in [-0.1, -0.05) is 6.92 Å². The third-order valence-corrected chi connectivity index (χ3v) is 3.74. The molecule has 3 nitrogen and oxygen atoms in total. The number of amides is 1. The monoisotopic (exact) mass is 210 g/mol. The van der Waals surface area contributed by atoms with Crippen LogP contribution in [-0.2, 0) is 4.79 Å². The lowest BCUT2D eigenvalue weighted by atomic mass is 9.98. The summed E-state index contributed by atoms with van der Waals surface area (Å²) in [7, 11) is 0. The number of carbonyl (C=O) groups excluding carboxylic acids is 1. The van der Waals surface area contributed by atoms with Crippen molar-refractivity contribution in [3.8, 4) is 0 Å². The Hall–Kier alpha value is -0.570. The fourth-order valence-electron chi connectivity index (χ4n) is 2.30. The second-order valence-electron chi connectivity index (χ2n) is 5.10. The van der Waals surface area contributed by atoms with Gasteiger partial charge in [-0.25, -0.2) is 0 Å². The first-order chi connectivity index (χ1) is 7.22. The molecule has 2 aliphatic rings. The highest BCUT2D eigenvalue weighted by Crippen LogP contribution is 2.48. The molecule has 15 heavy (non-hydrogen) atoms. The average Bonchev–Trinajstić information content (AvgIpc) is 3.07. The van der Waals surface area contributed by atoms with E-state index in [9.17, 15) is 4.79 Å². The molecule has 0 spiro atoms. The average molecular weight is 210 g/mol. The zero-order chi connectivity index (χ0) is 10.8. The van der Waals surface area contributed by atoms with Crippen molar-refractivity contribution < 1.29 is 4.79 Å². The third-order valence-electron chi connectivity index (χ3n) is 3.74.